The summed E-state index contributed by atoms with van der Waals surface area (Å²) in [6.45, 7) is 7.49. The van der Waals surface area contributed by atoms with E-state index in [4.69, 9.17) is 0 Å². The monoisotopic (exact) mass is 265 g/mol. The van der Waals surface area contributed by atoms with Gasteiger partial charge in [-0.15, -0.1) is 0 Å². The predicted octanol–water partition coefficient (Wildman–Crippen LogP) is 2.72. The average molecular weight is 265 g/mol. The second-order valence-corrected chi connectivity index (χ2v) is 6.18. The molecule has 0 aliphatic carbocycles. The smallest absolute Gasteiger partial charge is 0.308 e. The molecule has 104 valence electrons. The second-order valence-electron chi connectivity index (χ2n) is 6.18. The zero-order chi connectivity index (χ0) is 14.2. The molecule has 1 unspecified atom stereocenters. The van der Waals surface area contributed by atoms with E-state index in [-0.39, 0.29) is 17.3 Å². The number of halogens is 1. The third-order valence-corrected chi connectivity index (χ3v) is 3.88. The molecule has 2 atom stereocenters. The van der Waals surface area contributed by atoms with Crippen molar-refractivity contribution < 1.29 is 14.3 Å². The maximum atomic E-state index is 13.0. The van der Waals surface area contributed by atoms with Crippen molar-refractivity contribution >= 4 is 5.97 Å². The third kappa shape index (κ3) is 2.95. The minimum atomic E-state index is -0.777. The summed E-state index contributed by atoms with van der Waals surface area (Å²) in [4.78, 5) is 13.6. The Labute approximate surface area is 113 Å². The van der Waals surface area contributed by atoms with Gasteiger partial charge in [-0.2, -0.15) is 0 Å². The molecule has 19 heavy (non-hydrogen) atoms. The maximum Gasteiger partial charge on any atom is 0.308 e. The van der Waals surface area contributed by atoms with Crippen LogP contribution in [0.1, 0.15) is 32.3 Å². The molecule has 0 amide bonds. The van der Waals surface area contributed by atoms with Gasteiger partial charge in [0.05, 0.1) is 5.92 Å². The van der Waals surface area contributed by atoms with Gasteiger partial charge < -0.3 is 5.11 Å². The van der Waals surface area contributed by atoms with Gasteiger partial charge in [-0.05, 0) is 38.5 Å². The van der Waals surface area contributed by atoms with Crippen LogP contribution in [0.4, 0.5) is 4.39 Å². The van der Waals surface area contributed by atoms with Crippen LogP contribution in [0.25, 0.3) is 0 Å². The molecule has 0 aromatic heterocycles. The highest BCUT2D eigenvalue weighted by molar-refractivity contribution is 5.72. The molecule has 1 saturated heterocycles. The van der Waals surface area contributed by atoms with Crippen molar-refractivity contribution in [2.24, 2.45) is 5.92 Å². The van der Waals surface area contributed by atoms with E-state index in [1.165, 1.54) is 12.1 Å². The molecule has 1 aromatic rings. The highest BCUT2D eigenvalue weighted by atomic mass is 19.1. The summed E-state index contributed by atoms with van der Waals surface area (Å²) in [7, 11) is 0. The van der Waals surface area contributed by atoms with Gasteiger partial charge in [0.1, 0.15) is 5.82 Å². The number of hydrogen-bond acceptors (Lipinski definition) is 2. The molecule has 0 radical (unpaired) electrons. The first-order valence-corrected chi connectivity index (χ1v) is 6.52. The lowest BCUT2D eigenvalue weighted by Crippen LogP contribution is -2.40. The van der Waals surface area contributed by atoms with Crippen LogP contribution in [-0.2, 0) is 4.79 Å². The van der Waals surface area contributed by atoms with Gasteiger partial charge in [0.15, 0.2) is 0 Å². The number of nitrogens with zero attached hydrogens (tertiary/aromatic N) is 1. The summed E-state index contributed by atoms with van der Waals surface area (Å²) < 4.78 is 13.0. The molecule has 0 saturated carbocycles. The van der Waals surface area contributed by atoms with Crippen molar-refractivity contribution in [3.8, 4) is 0 Å². The molecule has 1 aliphatic heterocycles. The number of carboxylic acid groups (broad SMARTS) is 1. The Morgan fingerprint density at radius 1 is 1.26 bits per heavy atom. The lowest BCUT2D eigenvalue weighted by atomic mass is 9.89. The SMILES string of the molecule is CC(C)(C)N1CC(c2ccc(F)cc2)[C@@H](C(=O)O)C1. The van der Waals surface area contributed by atoms with E-state index >= 15 is 0 Å². The third-order valence-electron chi connectivity index (χ3n) is 3.88. The molecule has 2 rings (SSSR count). The van der Waals surface area contributed by atoms with E-state index in [1.54, 1.807) is 12.1 Å². The fraction of sp³-hybridized carbons (Fsp3) is 0.533. The number of likely N-dealkylation sites (tertiary alicyclic amines) is 1. The number of aliphatic carboxylic acids is 1. The predicted molar refractivity (Wildman–Crippen MR) is 71.6 cm³/mol. The first-order chi connectivity index (χ1) is 8.79. The van der Waals surface area contributed by atoms with Crippen molar-refractivity contribution in [3.05, 3.63) is 35.6 Å². The van der Waals surface area contributed by atoms with Crippen molar-refractivity contribution in [1.29, 1.82) is 0 Å². The first-order valence-electron chi connectivity index (χ1n) is 6.52. The fourth-order valence-electron chi connectivity index (χ4n) is 2.65. The molecule has 4 heteroatoms. The maximum absolute atomic E-state index is 13.0. The standard InChI is InChI=1S/C15H20FNO2/c1-15(2,3)17-8-12(13(9-17)14(18)19)10-4-6-11(16)7-5-10/h4-7,12-13H,8-9H2,1-3H3,(H,18,19)/t12?,13-/m0/s1. The van der Waals surface area contributed by atoms with Crippen LogP contribution in [0.2, 0.25) is 0 Å². The van der Waals surface area contributed by atoms with Crippen molar-refractivity contribution in [2.75, 3.05) is 13.1 Å². The van der Waals surface area contributed by atoms with Crippen LogP contribution in [0.3, 0.4) is 0 Å². The van der Waals surface area contributed by atoms with Crippen molar-refractivity contribution in [3.63, 3.8) is 0 Å². The number of hydrogen-bond donors (Lipinski definition) is 1. The molecule has 1 aliphatic rings. The Morgan fingerprint density at radius 3 is 2.32 bits per heavy atom. The Kier molecular flexibility index (Phi) is 3.63. The van der Waals surface area contributed by atoms with Crippen LogP contribution >= 0.6 is 0 Å². The lowest BCUT2D eigenvalue weighted by Gasteiger charge is -2.31. The Bertz CT molecular complexity index is 464. The molecular weight excluding hydrogens is 245 g/mol. The van der Waals surface area contributed by atoms with E-state index in [2.05, 4.69) is 25.7 Å². The van der Waals surface area contributed by atoms with Crippen molar-refractivity contribution in [2.45, 2.75) is 32.2 Å². The molecule has 1 N–H and O–H groups in total. The zero-order valence-electron chi connectivity index (χ0n) is 11.6. The highest BCUT2D eigenvalue weighted by Crippen LogP contribution is 2.36. The molecular formula is C15H20FNO2. The zero-order valence-corrected chi connectivity index (χ0v) is 11.6. The molecule has 1 fully saturated rings. The minimum absolute atomic E-state index is 0.0531. The van der Waals surface area contributed by atoms with E-state index in [9.17, 15) is 14.3 Å². The van der Waals surface area contributed by atoms with E-state index in [1.807, 2.05) is 0 Å². The van der Waals surface area contributed by atoms with Crippen LogP contribution in [0, 0.1) is 11.7 Å². The first kappa shape index (κ1) is 14.0. The Balaban J connectivity index is 2.27. The molecule has 1 aromatic carbocycles. The molecule has 0 spiro atoms. The summed E-state index contributed by atoms with van der Waals surface area (Å²) in [5.74, 6) is -1.57. The molecule has 1 heterocycles. The summed E-state index contributed by atoms with van der Waals surface area (Å²) in [5.41, 5.74) is 0.850. The number of rotatable bonds is 2. The van der Waals surface area contributed by atoms with Crippen molar-refractivity contribution in [1.82, 2.24) is 4.90 Å². The van der Waals surface area contributed by atoms with E-state index < -0.39 is 11.9 Å². The quantitative estimate of drug-likeness (QED) is 0.894. The van der Waals surface area contributed by atoms with Crippen LogP contribution in [-0.4, -0.2) is 34.6 Å². The van der Waals surface area contributed by atoms with Gasteiger partial charge in [0.25, 0.3) is 0 Å². The van der Waals surface area contributed by atoms with Gasteiger partial charge in [-0.1, -0.05) is 12.1 Å². The summed E-state index contributed by atoms with van der Waals surface area (Å²) in [6.07, 6.45) is 0. The van der Waals surface area contributed by atoms with Gasteiger partial charge >= 0.3 is 5.97 Å². The van der Waals surface area contributed by atoms with Crippen LogP contribution < -0.4 is 0 Å². The van der Waals surface area contributed by atoms with E-state index in [0.29, 0.717) is 13.1 Å². The van der Waals surface area contributed by atoms with Crippen LogP contribution in [0.15, 0.2) is 24.3 Å². The summed E-state index contributed by atoms with van der Waals surface area (Å²) >= 11 is 0. The van der Waals surface area contributed by atoms with Gasteiger partial charge in [-0.3, -0.25) is 9.69 Å². The van der Waals surface area contributed by atoms with Crippen LogP contribution in [0.5, 0.6) is 0 Å². The summed E-state index contributed by atoms with van der Waals surface area (Å²) in [6, 6.07) is 6.19. The average Bonchev–Trinajstić information content (AvgIpc) is 2.74. The Hall–Kier alpha value is -1.42. The van der Waals surface area contributed by atoms with Gasteiger partial charge in [0, 0.05) is 24.5 Å². The molecule has 0 bridgehead atoms. The fourth-order valence-corrected chi connectivity index (χ4v) is 2.65. The Morgan fingerprint density at radius 2 is 1.84 bits per heavy atom. The topological polar surface area (TPSA) is 40.5 Å². The number of carboxylic acids is 1. The van der Waals surface area contributed by atoms with Gasteiger partial charge in [0.2, 0.25) is 0 Å². The molecule has 3 nitrogen and oxygen atoms in total. The van der Waals surface area contributed by atoms with E-state index in [0.717, 1.165) is 5.56 Å². The lowest BCUT2D eigenvalue weighted by molar-refractivity contribution is -0.141. The summed E-state index contributed by atoms with van der Waals surface area (Å²) in [5, 5.41) is 9.38. The largest absolute Gasteiger partial charge is 0.481 e. The second kappa shape index (κ2) is 4.93. The normalized spacial score (nSPS) is 24.6. The number of benzene rings is 1. The highest BCUT2D eigenvalue weighted by Gasteiger charge is 2.41. The van der Waals surface area contributed by atoms with Gasteiger partial charge in [-0.25, -0.2) is 4.39 Å². The minimum Gasteiger partial charge on any atom is -0.481 e. The number of carbonyl (C=O) groups is 1.